The number of ether oxygens (including phenoxy) is 3. The van der Waals surface area contributed by atoms with Gasteiger partial charge < -0.3 is 14.2 Å². The third-order valence-corrected chi connectivity index (χ3v) is 14.3. The average Bonchev–Trinajstić information content (AvgIpc) is 3.45. The van der Waals surface area contributed by atoms with Crippen LogP contribution in [0.3, 0.4) is 0 Å². The first-order valence-corrected chi connectivity index (χ1v) is 33.4. The molecule has 0 saturated carbocycles. The second-order valence-corrected chi connectivity index (χ2v) is 22.0. The molecule has 79 heavy (non-hydrogen) atoms. The molecule has 1 atom stereocenters. The lowest BCUT2D eigenvalue weighted by Crippen LogP contribution is -2.30. The molecule has 0 aliphatic carbocycles. The number of hydrogen-bond donors (Lipinski definition) is 0. The van der Waals surface area contributed by atoms with Gasteiger partial charge in [-0.1, -0.05) is 297 Å². The third kappa shape index (κ3) is 64.8. The number of carbonyl (C=O) groups is 3. The minimum absolute atomic E-state index is 0.0815. The molecule has 0 bridgehead atoms. The van der Waals surface area contributed by atoms with Gasteiger partial charge in [0, 0.05) is 19.3 Å². The Morgan fingerprint density at radius 3 is 0.785 bits per heavy atom. The molecular formula is C73H124O6. The molecule has 6 nitrogen and oxygen atoms in total. The van der Waals surface area contributed by atoms with Gasteiger partial charge in [0.05, 0.1) is 0 Å². The second kappa shape index (κ2) is 66.6. The van der Waals surface area contributed by atoms with Gasteiger partial charge in [-0.15, -0.1) is 0 Å². The Labute approximate surface area is 489 Å². The van der Waals surface area contributed by atoms with E-state index in [1.807, 2.05) is 0 Å². The molecule has 0 spiro atoms. The van der Waals surface area contributed by atoms with Gasteiger partial charge in [-0.25, -0.2) is 0 Å². The molecule has 0 aromatic heterocycles. The molecule has 0 fully saturated rings. The van der Waals surface area contributed by atoms with E-state index >= 15 is 0 Å². The Bertz CT molecular complexity index is 1590. The van der Waals surface area contributed by atoms with E-state index in [4.69, 9.17) is 14.2 Å². The van der Waals surface area contributed by atoms with Crippen molar-refractivity contribution in [2.24, 2.45) is 0 Å². The summed E-state index contributed by atoms with van der Waals surface area (Å²) in [6.07, 6.45) is 91.1. The topological polar surface area (TPSA) is 78.9 Å². The number of hydrogen-bond acceptors (Lipinski definition) is 6. The number of allylic oxidation sites excluding steroid dienone is 18. The van der Waals surface area contributed by atoms with Crippen molar-refractivity contribution in [3.8, 4) is 0 Å². The Balaban J connectivity index is 4.24. The van der Waals surface area contributed by atoms with Gasteiger partial charge in [0.15, 0.2) is 6.10 Å². The standard InChI is InChI=1S/C73H124O6/c1-4-7-10-13-16-19-21-23-25-27-29-31-32-33-34-35-36-37-38-39-40-42-43-45-47-49-51-54-57-60-63-66-72(75)78-69-70(68-77-71(74)65-62-59-56-53-18-15-12-9-6-3)79-73(76)67-64-61-58-55-52-50-48-46-44-41-30-28-26-24-22-20-17-14-11-8-5-2/h7,10,16,19,23,25,28-31,33-34,36-37,39-40,43,45,70H,4-6,8-9,11-15,17-18,20-22,24,26-27,32,35,38,41-42,44,46-69H2,1-3H3/b10-7-,19-16-,25-23-,30-28-,31-29-,34-33-,37-36-,40-39-,45-43-. The lowest BCUT2D eigenvalue weighted by Gasteiger charge is -2.18. The monoisotopic (exact) mass is 1100 g/mol. The first-order chi connectivity index (χ1) is 39.0. The number of rotatable bonds is 60. The van der Waals surface area contributed by atoms with Crippen LogP contribution in [0.4, 0.5) is 0 Å². The molecule has 0 N–H and O–H groups in total. The third-order valence-electron chi connectivity index (χ3n) is 14.3. The highest BCUT2D eigenvalue weighted by molar-refractivity contribution is 5.71. The largest absolute Gasteiger partial charge is 0.462 e. The normalized spacial score (nSPS) is 12.8. The van der Waals surface area contributed by atoms with E-state index in [0.717, 1.165) is 122 Å². The smallest absolute Gasteiger partial charge is 0.306 e. The quantitative estimate of drug-likeness (QED) is 0.0261. The number of carbonyl (C=O) groups excluding carboxylic acids is 3. The zero-order chi connectivity index (χ0) is 57.1. The fraction of sp³-hybridized carbons (Fsp3) is 0.712. The molecule has 0 aliphatic heterocycles. The van der Waals surface area contributed by atoms with Gasteiger partial charge in [-0.2, -0.15) is 0 Å². The molecule has 0 heterocycles. The molecule has 0 rings (SSSR count). The van der Waals surface area contributed by atoms with Crippen molar-refractivity contribution in [1.29, 1.82) is 0 Å². The van der Waals surface area contributed by atoms with Crippen LogP contribution in [0.15, 0.2) is 109 Å². The molecule has 452 valence electrons. The van der Waals surface area contributed by atoms with Crippen molar-refractivity contribution in [2.75, 3.05) is 13.2 Å². The van der Waals surface area contributed by atoms with Crippen LogP contribution in [0.25, 0.3) is 0 Å². The Morgan fingerprint density at radius 1 is 0.266 bits per heavy atom. The maximum Gasteiger partial charge on any atom is 0.306 e. The lowest BCUT2D eigenvalue weighted by molar-refractivity contribution is -0.167. The maximum atomic E-state index is 12.9. The van der Waals surface area contributed by atoms with Crippen LogP contribution in [0, 0.1) is 0 Å². The van der Waals surface area contributed by atoms with E-state index in [-0.39, 0.29) is 31.1 Å². The number of esters is 3. The first kappa shape index (κ1) is 75.1. The van der Waals surface area contributed by atoms with Crippen molar-refractivity contribution < 1.29 is 28.6 Å². The predicted molar refractivity (Wildman–Crippen MR) is 343 cm³/mol. The summed E-state index contributed by atoms with van der Waals surface area (Å²) in [7, 11) is 0. The first-order valence-electron chi connectivity index (χ1n) is 33.4. The van der Waals surface area contributed by atoms with Crippen molar-refractivity contribution in [1.82, 2.24) is 0 Å². The Morgan fingerprint density at radius 2 is 0.494 bits per heavy atom. The predicted octanol–water partition coefficient (Wildman–Crippen LogP) is 23.0. The molecule has 0 aromatic rings. The SMILES string of the molecule is CC/C=C\C/C=C\C/C=C\C/C=C\C/C=C\C/C=C\C/C=C\C/C=C\CCCCCCCCC(=O)OCC(COC(=O)CCCCCCCCCCC)OC(=O)CCCCCCCCCCC/C=C\CCCCCCCCCC. The van der Waals surface area contributed by atoms with Crippen LogP contribution in [-0.2, 0) is 28.6 Å². The number of unbranched alkanes of at least 4 members (excludes halogenated alkanes) is 31. The zero-order valence-corrected chi connectivity index (χ0v) is 51.9. The fourth-order valence-corrected chi connectivity index (χ4v) is 9.28. The van der Waals surface area contributed by atoms with E-state index in [0.29, 0.717) is 19.3 Å². The van der Waals surface area contributed by atoms with Gasteiger partial charge in [-0.05, 0) is 109 Å². The fourth-order valence-electron chi connectivity index (χ4n) is 9.28. The van der Waals surface area contributed by atoms with E-state index < -0.39 is 6.10 Å². The Hall–Kier alpha value is -3.93. The molecule has 0 radical (unpaired) electrons. The Kier molecular flexibility index (Phi) is 63.3. The summed E-state index contributed by atoms with van der Waals surface area (Å²) < 4.78 is 16.9. The van der Waals surface area contributed by atoms with Crippen LogP contribution in [-0.4, -0.2) is 37.2 Å². The molecule has 0 saturated heterocycles. The summed E-state index contributed by atoms with van der Waals surface area (Å²) in [4.78, 5) is 38.2. The second-order valence-electron chi connectivity index (χ2n) is 22.0. The van der Waals surface area contributed by atoms with Crippen molar-refractivity contribution in [3.05, 3.63) is 109 Å². The minimum Gasteiger partial charge on any atom is -0.462 e. The highest BCUT2D eigenvalue weighted by atomic mass is 16.6. The molecule has 6 heteroatoms. The highest BCUT2D eigenvalue weighted by Crippen LogP contribution is 2.16. The minimum atomic E-state index is -0.785. The average molecular weight is 1100 g/mol. The van der Waals surface area contributed by atoms with Gasteiger partial charge in [0.1, 0.15) is 13.2 Å². The van der Waals surface area contributed by atoms with Crippen molar-refractivity contribution >= 4 is 17.9 Å². The van der Waals surface area contributed by atoms with Crippen molar-refractivity contribution in [3.63, 3.8) is 0 Å². The van der Waals surface area contributed by atoms with Gasteiger partial charge in [0.2, 0.25) is 0 Å². The van der Waals surface area contributed by atoms with Crippen LogP contribution >= 0.6 is 0 Å². The van der Waals surface area contributed by atoms with E-state index in [1.54, 1.807) is 0 Å². The molecule has 0 aromatic carbocycles. The van der Waals surface area contributed by atoms with E-state index in [1.165, 1.54) is 154 Å². The molecule has 1 unspecified atom stereocenters. The van der Waals surface area contributed by atoms with E-state index in [2.05, 4.69) is 130 Å². The summed E-state index contributed by atoms with van der Waals surface area (Å²) in [5.41, 5.74) is 0. The van der Waals surface area contributed by atoms with Gasteiger partial charge in [-0.3, -0.25) is 14.4 Å². The highest BCUT2D eigenvalue weighted by Gasteiger charge is 2.19. The van der Waals surface area contributed by atoms with Gasteiger partial charge in [0.25, 0.3) is 0 Å². The summed E-state index contributed by atoms with van der Waals surface area (Å²) in [5, 5.41) is 0. The van der Waals surface area contributed by atoms with Gasteiger partial charge >= 0.3 is 17.9 Å². The summed E-state index contributed by atoms with van der Waals surface area (Å²) in [6.45, 7) is 6.52. The molecule has 0 amide bonds. The van der Waals surface area contributed by atoms with E-state index in [9.17, 15) is 14.4 Å². The summed E-state index contributed by atoms with van der Waals surface area (Å²) in [6, 6.07) is 0. The van der Waals surface area contributed by atoms with Crippen LogP contribution in [0.5, 0.6) is 0 Å². The van der Waals surface area contributed by atoms with Crippen molar-refractivity contribution in [2.45, 2.75) is 322 Å². The van der Waals surface area contributed by atoms with Crippen LogP contribution in [0.2, 0.25) is 0 Å². The zero-order valence-electron chi connectivity index (χ0n) is 51.9. The molecule has 0 aliphatic rings. The summed E-state index contributed by atoms with van der Waals surface area (Å²) in [5.74, 6) is -0.893. The van der Waals surface area contributed by atoms with Crippen LogP contribution in [0.1, 0.15) is 316 Å². The molecular weight excluding hydrogens is 973 g/mol. The lowest BCUT2D eigenvalue weighted by atomic mass is 10.1. The van der Waals surface area contributed by atoms with Crippen LogP contribution < -0.4 is 0 Å². The maximum absolute atomic E-state index is 12.9. The summed E-state index contributed by atoms with van der Waals surface area (Å²) >= 11 is 0.